The topological polar surface area (TPSA) is 20.3 Å². The number of fused-ring (bicyclic) bond motifs is 1. The predicted octanol–water partition coefficient (Wildman–Crippen LogP) is 7.46. The first-order valence-electron chi connectivity index (χ1n) is 10.7. The third kappa shape index (κ3) is 5.51. The zero-order valence-corrected chi connectivity index (χ0v) is 17.7. The standard InChI is InChI=1S/C24H33NOS/c1-19(2)22(26)18-24-25(21-16-12-13-17-23(21)27-24)20-14-10-8-6-4-3-5-7-9-11-15-20/h12-14,16-19H,3-11,15H2,1-2H3/b20-14-,24-18-. The van der Waals surface area contributed by atoms with E-state index in [9.17, 15) is 4.79 Å². The van der Waals surface area contributed by atoms with Gasteiger partial charge in [0.15, 0.2) is 5.78 Å². The number of hydrogen-bond donors (Lipinski definition) is 0. The molecule has 1 aliphatic heterocycles. The van der Waals surface area contributed by atoms with Crippen molar-refractivity contribution in [2.75, 3.05) is 4.90 Å². The van der Waals surface area contributed by atoms with Crippen molar-refractivity contribution in [2.24, 2.45) is 5.92 Å². The second kappa shape index (κ2) is 10.2. The van der Waals surface area contributed by atoms with Crippen LogP contribution in [-0.4, -0.2) is 5.78 Å². The maximum absolute atomic E-state index is 12.4. The van der Waals surface area contributed by atoms with E-state index in [1.54, 1.807) is 11.8 Å². The lowest BCUT2D eigenvalue weighted by Gasteiger charge is -2.25. The summed E-state index contributed by atoms with van der Waals surface area (Å²) in [6, 6.07) is 8.56. The minimum absolute atomic E-state index is 0.0361. The summed E-state index contributed by atoms with van der Waals surface area (Å²) in [5, 5.41) is 1.08. The normalized spacial score (nSPS) is 22.7. The first-order valence-corrected chi connectivity index (χ1v) is 11.5. The molecule has 0 spiro atoms. The van der Waals surface area contributed by atoms with Crippen molar-refractivity contribution < 1.29 is 4.79 Å². The molecule has 0 N–H and O–H groups in total. The Morgan fingerprint density at radius 3 is 2.41 bits per heavy atom. The van der Waals surface area contributed by atoms with Gasteiger partial charge in [-0.1, -0.05) is 82.3 Å². The predicted molar refractivity (Wildman–Crippen MR) is 117 cm³/mol. The Morgan fingerprint density at radius 1 is 1.00 bits per heavy atom. The van der Waals surface area contributed by atoms with Crippen molar-refractivity contribution in [3.8, 4) is 0 Å². The van der Waals surface area contributed by atoms with Gasteiger partial charge >= 0.3 is 0 Å². The van der Waals surface area contributed by atoms with Gasteiger partial charge in [0, 0.05) is 22.6 Å². The maximum Gasteiger partial charge on any atom is 0.160 e. The number of allylic oxidation sites excluding steroid dienone is 3. The molecule has 0 amide bonds. The smallest absolute Gasteiger partial charge is 0.160 e. The number of carbonyl (C=O) groups excluding carboxylic acids is 1. The molecule has 0 saturated heterocycles. The average Bonchev–Trinajstić information content (AvgIpc) is 3.00. The van der Waals surface area contributed by atoms with Gasteiger partial charge in [0.25, 0.3) is 0 Å². The Balaban J connectivity index is 1.90. The molecule has 0 fully saturated rings. The molecule has 146 valence electrons. The maximum atomic E-state index is 12.4. The van der Waals surface area contributed by atoms with E-state index in [-0.39, 0.29) is 11.7 Å². The third-order valence-corrected chi connectivity index (χ3v) is 6.50. The van der Waals surface area contributed by atoms with Crippen LogP contribution in [0.1, 0.15) is 78.1 Å². The molecule has 0 unspecified atom stereocenters. The van der Waals surface area contributed by atoms with E-state index in [1.165, 1.54) is 67.6 Å². The van der Waals surface area contributed by atoms with Gasteiger partial charge in [-0.3, -0.25) is 4.79 Å². The molecule has 0 saturated carbocycles. The zero-order valence-electron chi connectivity index (χ0n) is 16.9. The van der Waals surface area contributed by atoms with Crippen LogP contribution >= 0.6 is 11.8 Å². The summed E-state index contributed by atoms with van der Waals surface area (Å²) in [5.41, 5.74) is 2.62. The molecule has 0 atom stereocenters. The van der Waals surface area contributed by atoms with Gasteiger partial charge in [-0.15, -0.1) is 0 Å². The number of benzene rings is 1. The van der Waals surface area contributed by atoms with Crippen molar-refractivity contribution in [2.45, 2.75) is 83.0 Å². The molecule has 0 bridgehead atoms. The number of carbonyl (C=O) groups is 1. The second-order valence-electron chi connectivity index (χ2n) is 8.01. The molecule has 1 aromatic carbocycles. The SMILES string of the molecule is CC(C)C(=O)/C=C1\Sc2ccccc2N1/C1=C\CCCCCCCCCC1. The van der Waals surface area contributed by atoms with Crippen LogP contribution in [-0.2, 0) is 4.79 Å². The van der Waals surface area contributed by atoms with Crippen LogP contribution in [0, 0.1) is 5.92 Å². The van der Waals surface area contributed by atoms with Crippen LogP contribution in [0.2, 0.25) is 0 Å². The third-order valence-electron chi connectivity index (χ3n) is 5.43. The molecule has 1 heterocycles. The fourth-order valence-corrected chi connectivity index (χ4v) is 4.89. The number of para-hydroxylation sites is 1. The molecule has 1 aliphatic carbocycles. The van der Waals surface area contributed by atoms with Crippen molar-refractivity contribution >= 4 is 23.2 Å². The van der Waals surface area contributed by atoms with Crippen molar-refractivity contribution in [3.05, 3.63) is 47.1 Å². The second-order valence-corrected chi connectivity index (χ2v) is 9.07. The zero-order chi connectivity index (χ0) is 19.1. The summed E-state index contributed by atoms with van der Waals surface area (Å²) in [6.07, 6.45) is 17.2. The average molecular weight is 384 g/mol. The van der Waals surface area contributed by atoms with Gasteiger partial charge < -0.3 is 4.90 Å². The van der Waals surface area contributed by atoms with E-state index < -0.39 is 0 Å². The highest BCUT2D eigenvalue weighted by molar-refractivity contribution is 8.03. The number of thioether (sulfide) groups is 1. The minimum atomic E-state index is 0.0361. The first kappa shape index (κ1) is 20.3. The highest BCUT2D eigenvalue weighted by Gasteiger charge is 2.28. The summed E-state index contributed by atoms with van der Waals surface area (Å²) < 4.78 is 0. The number of anilines is 1. The van der Waals surface area contributed by atoms with Crippen LogP contribution in [0.15, 0.2) is 52.0 Å². The molecule has 0 radical (unpaired) electrons. The Morgan fingerprint density at radius 2 is 1.67 bits per heavy atom. The highest BCUT2D eigenvalue weighted by Crippen LogP contribution is 2.48. The van der Waals surface area contributed by atoms with E-state index >= 15 is 0 Å². The molecular formula is C24H33NOS. The van der Waals surface area contributed by atoms with Gasteiger partial charge in [0.05, 0.1) is 10.7 Å². The summed E-state index contributed by atoms with van der Waals surface area (Å²) in [5.74, 6) is 0.248. The van der Waals surface area contributed by atoms with Gasteiger partial charge in [0.1, 0.15) is 0 Å². The summed E-state index contributed by atoms with van der Waals surface area (Å²) in [6.45, 7) is 3.96. The molecular weight excluding hydrogens is 350 g/mol. The molecule has 1 aromatic rings. The number of hydrogen-bond acceptors (Lipinski definition) is 3. The minimum Gasteiger partial charge on any atom is -0.307 e. The van der Waals surface area contributed by atoms with E-state index in [1.807, 2.05) is 19.9 Å². The Labute approximate surface area is 169 Å². The van der Waals surface area contributed by atoms with Crippen LogP contribution in [0.25, 0.3) is 0 Å². The molecule has 27 heavy (non-hydrogen) atoms. The molecule has 2 nitrogen and oxygen atoms in total. The lowest BCUT2D eigenvalue weighted by molar-refractivity contribution is -0.117. The fraction of sp³-hybridized carbons (Fsp3) is 0.542. The van der Waals surface area contributed by atoms with Crippen LogP contribution in [0.5, 0.6) is 0 Å². The lowest BCUT2D eigenvalue weighted by Crippen LogP contribution is -2.19. The van der Waals surface area contributed by atoms with Crippen LogP contribution < -0.4 is 4.90 Å². The van der Waals surface area contributed by atoms with Gasteiger partial charge in [0.2, 0.25) is 0 Å². The number of rotatable bonds is 3. The molecule has 2 aliphatic rings. The Kier molecular flexibility index (Phi) is 7.63. The van der Waals surface area contributed by atoms with Crippen molar-refractivity contribution in [1.29, 1.82) is 0 Å². The van der Waals surface area contributed by atoms with Crippen molar-refractivity contribution in [3.63, 3.8) is 0 Å². The lowest BCUT2D eigenvalue weighted by atomic mass is 10.0. The van der Waals surface area contributed by atoms with Gasteiger partial charge in [-0.05, 0) is 37.8 Å². The van der Waals surface area contributed by atoms with Crippen molar-refractivity contribution in [1.82, 2.24) is 0 Å². The van der Waals surface area contributed by atoms with Crippen LogP contribution in [0.4, 0.5) is 5.69 Å². The Hall–Kier alpha value is -1.48. The van der Waals surface area contributed by atoms with Crippen LogP contribution in [0.3, 0.4) is 0 Å². The summed E-state index contributed by atoms with van der Waals surface area (Å²) >= 11 is 1.74. The first-order chi connectivity index (χ1) is 13.2. The highest BCUT2D eigenvalue weighted by atomic mass is 32.2. The molecule has 3 rings (SSSR count). The summed E-state index contributed by atoms with van der Waals surface area (Å²) in [4.78, 5) is 16.1. The van der Waals surface area contributed by atoms with Gasteiger partial charge in [-0.2, -0.15) is 0 Å². The van der Waals surface area contributed by atoms with E-state index in [0.717, 1.165) is 17.9 Å². The Bertz CT molecular complexity index is 704. The number of ketones is 1. The van der Waals surface area contributed by atoms with E-state index in [0.29, 0.717) is 0 Å². The molecule has 0 aromatic heterocycles. The van der Waals surface area contributed by atoms with E-state index in [2.05, 4.69) is 35.2 Å². The van der Waals surface area contributed by atoms with E-state index in [4.69, 9.17) is 0 Å². The number of nitrogens with zero attached hydrogens (tertiary/aromatic N) is 1. The quantitative estimate of drug-likeness (QED) is 0.505. The monoisotopic (exact) mass is 383 g/mol. The molecule has 3 heteroatoms. The summed E-state index contributed by atoms with van der Waals surface area (Å²) in [7, 11) is 0. The largest absolute Gasteiger partial charge is 0.307 e. The van der Waals surface area contributed by atoms with Gasteiger partial charge in [-0.25, -0.2) is 0 Å². The fourth-order valence-electron chi connectivity index (χ4n) is 3.77.